The molecular formula is C16H14O2. The lowest BCUT2D eigenvalue weighted by molar-refractivity contribution is 0.0991. The fourth-order valence-corrected chi connectivity index (χ4v) is 2.73. The van der Waals surface area contributed by atoms with Crippen molar-refractivity contribution in [1.82, 2.24) is 0 Å². The van der Waals surface area contributed by atoms with Gasteiger partial charge >= 0.3 is 0 Å². The van der Waals surface area contributed by atoms with Crippen LogP contribution in [0, 0.1) is 6.92 Å². The summed E-state index contributed by atoms with van der Waals surface area (Å²) in [5.74, 6) is 0.339. The quantitative estimate of drug-likeness (QED) is 0.826. The molecule has 0 radical (unpaired) electrons. The third-order valence-corrected chi connectivity index (χ3v) is 3.57. The van der Waals surface area contributed by atoms with Gasteiger partial charge in [-0.1, -0.05) is 42.0 Å². The molecule has 1 unspecified atom stereocenters. The van der Waals surface area contributed by atoms with E-state index < -0.39 is 0 Å². The van der Waals surface area contributed by atoms with E-state index in [9.17, 15) is 9.90 Å². The molecule has 0 aromatic heterocycles. The summed E-state index contributed by atoms with van der Waals surface area (Å²) in [6, 6.07) is 13.3. The zero-order valence-corrected chi connectivity index (χ0v) is 10.2. The van der Waals surface area contributed by atoms with Crippen molar-refractivity contribution in [1.29, 1.82) is 0 Å². The molecule has 1 aliphatic carbocycles. The molecule has 0 spiro atoms. The SMILES string of the molecule is Cc1cccc(C2CC(=O)c3cccc(O)c32)c1. The summed E-state index contributed by atoms with van der Waals surface area (Å²) in [7, 11) is 0. The van der Waals surface area contributed by atoms with Crippen LogP contribution in [0.1, 0.15) is 39.4 Å². The average molecular weight is 238 g/mol. The number of rotatable bonds is 1. The van der Waals surface area contributed by atoms with Crippen LogP contribution in [0.5, 0.6) is 5.75 Å². The van der Waals surface area contributed by atoms with Crippen molar-refractivity contribution in [2.45, 2.75) is 19.3 Å². The Morgan fingerprint density at radius 2 is 1.94 bits per heavy atom. The average Bonchev–Trinajstić information content (AvgIpc) is 2.69. The highest BCUT2D eigenvalue weighted by Gasteiger charge is 2.32. The molecule has 0 heterocycles. The van der Waals surface area contributed by atoms with Gasteiger partial charge in [0.1, 0.15) is 5.75 Å². The molecule has 0 saturated carbocycles. The van der Waals surface area contributed by atoms with Crippen LogP contribution in [0.25, 0.3) is 0 Å². The van der Waals surface area contributed by atoms with E-state index in [2.05, 4.69) is 6.07 Å². The number of phenols is 1. The molecule has 2 aromatic carbocycles. The predicted octanol–water partition coefficient (Wildman–Crippen LogP) is 3.42. The molecule has 0 aliphatic heterocycles. The van der Waals surface area contributed by atoms with Crippen LogP contribution in [0.3, 0.4) is 0 Å². The standard InChI is InChI=1S/C16H14O2/c1-10-4-2-5-11(8-10)13-9-15(18)12-6-3-7-14(17)16(12)13/h2-8,13,17H,9H2,1H3. The number of aryl methyl sites for hydroxylation is 1. The summed E-state index contributed by atoms with van der Waals surface area (Å²) >= 11 is 0. The number of ketones is 1. The number of phenolic OH excluding ortho intramolecular Hbond substituents is 1. The molecule has 0 saturated heterocycles. The van der Waals surface area contributed by atoms with Crippen molar-refractivity contribution < 1.29 is 9.90 Å². The van der Waals surface area contributed by atoms with Gasteiger partial charge in [-0.05, 0) is 18.6 Å². The third-order valence-electron chi connectivity index (χ3n) is 3.57. The summed E-state index contributed by atoms with van der Waals surface area (Å²) in [6.45, 7) is 2.03. The first-order valence-electron chi connectivity index (χ1n) is 6.08. The first-order valence-corrected chi connectivity index (χ1v) is 6.08. The van der Waals surface area contributed by atoms with Gasteiger partial charge in [-0.15, -0.1) is 0 Å². The molecule has 1 atom stereocenters. The van der Waals surface area contributed by atoms with Crippen LogP contribution in [0.4, 0.5) is 0 Å². The minimum Gasteiger partial charge on any atom is -0.508 e. The van der Waals surface area contributed by atoms with E-state index in [0.717, 1.165) is 11.1 Å². The van der Waals surface area contributed by atoms with Gasteiger partial charge in [0.05, 0.1) is 0 Å². The maximum atomic E-state index is 12.0. The normalized spacial score (nSPS) is 17.8. The van der Waals surface area contributed by atoms with Crippen molar-refractivity contribution in [2.75, 3.05) is 0 Å². The number of carbonyl (C=O) groups is 1. The number of carbonyl (C=O) groups excluding carboxylic acids is 1. The Kier molecular flexibility index (Phi) is 2.44. The van der Waals surface area contributed by atoms with E-state index in [1.54, 1.807) is 18.2 Å². The van der Waals surface area contributed by atoms with E-state index in [1.165, 1.54) is 5.56 Å². The van der Waals surface area contributed by atoms with Crippen molar-refractivity contribution in [3.63, 3.8) is 0 Å². The van der Waals surface area contributed by atoms with Gasteiger partial charge in [0, 0.05) is 23.5 Å². The van der Waals surface area contributed by atoms with E-state index >= 15 is 0 Å². The van der Waals surface area contributed by atoms with Gasteiger partial charge in [-0.3, -0.25) is 4.79 Å². The zero-order chi connectivity index (χ0) is 12.7. The van der Waals surface area contributed by atoms with Crippen LogP contribution >= 0.6 is 0 Å². The molecule has 90 valence electrons. The van der Waals surface area contributed by atoms with Crippen molar-refractivity contribution in [3.8, 4) is 5.75 Å². The molecular weight excluding hydrogens is 224 g/mol. The van der Waals surface area contributed by atoms with Gasteiger partial charge in [0.25, 0.3) is 0 Å². The number of aromatic hydroxyl groups is 1. The lowest BCUT2D eigenvalue weighted by Crippen LogP contribution is -1.97. The maximum absolute atomic E-state index is 12.0. The number of Topliss-reactive ketones (excluding diaryl/α,β-unsaturated/α-hetero) is 1. The summed E-state index contributed by atoms with van der Waals surface area (Å²) in [6.07, 6.45) is 0.455. The lowest BCUT2D eigenvalue weighted by atomic mass is 9.91. The van der Waals surface area contributed by atoms with E-state index in [4.69, 9.17) is 0 Å². The Morgan fingerprint density at radius 1 is 1.17 bits per heavy atom. The summed E-state index contributed by atoms with van der Waals surface area (Å²) < 4.78 is 0. The van der Waals surface area contributed by atoms with Crippen molar-refractivity contribution in [2.24, 2.45) is 0 Å². The van der Waals surface area contributed by atoms with Gasteiger partial charge < -0.3 is 5.11 Å². The van der Waals surface area contributed by atoms with Crippen molar-refractivity contribution >= 4 is 5.78 Å². The van der Waals surface area contributed by atoms with Crippen LogP contribution in [-0.2, 0) is 0 Å². The summed E-state index contributed by atoms with van der Waals surface area (Å²) in [5, 5.41) is 10.00. The minimum atomic E-state index is -0.00593. The first kappa shape index (κ1) is 11.0. The lowest BCUT2D eigenvalue weighted by Gasteiger charge is -2.13. The Morgan fingerprint density at radius 3 is 2.72 bits per heavy atom. The van der Waals surface area contributed by atoms with E-state index in [0.29, 0.717) is 12.0 Å². The number of fused-ring (bicyclic) bond motifs is 1. The molecule has 0 amide bonds. The van der Waals surface area contributed by atoms with Crippen LogP contribution in [0.2, 0.25) is 0 Å². The van der Waals surface area contributed by atoms with E-state index in [-0.39, 0.29) is 17.5 Å². The monoisotopic (exact) mass is 238 g/mol. The Balaban J connectivity index is 2.16. The number of hydrogen-bond donors (Lipinski definition) is 1. The molecule has 1 N–H and O–H groups in total. The molecule has 1 aliphatic rings. The smallest absolute Gasteiger partial charge is 0.164 e. The molecule has 0 bridgehead atoms. The third kappa shape index (κ3) is 1.61. The van der Waals surface area contributed by atoms with Crippen LogP contribution in [-0.4, -0.2) is 10.9 Å². The summed E-state index contributed by atoms with van der Waals surface area (Å²) in [5.41, 5.74) is 3.72. The zero-order valence-electron chi connectivity index (χ0n) is 10.2. The topological polar surface area (TPSA) is 37.3 Å². The van der Waals surface area contributed by atoms with E-state index in [1.807, 2.05) is 25.1 Å². The van der Waals surface area contributed by atoms with Gasteiger partial charge in [-0.2, -0.15) is 0 Å². The van der Waals surface area contributed by atoms with Gasteiger partial charge in [0.15, 0.2) is 5.78 Å². The highest BCUT2D eigenvalue weighted by atomic mass is 16.3. The molecule has 3 rings (SSSR count). The Labute approximate surface area is 106 Å². The fraction of sp³-hybridized carbons (Fsp3) is 0.188. The van der Waals surface area contributed by atoms with Crippen LogP contribution in [0.15, 0.2) is 42.5 Å². The Hall–Kier alpha value is -2.09. The second-order valence-electron chi connectivity index (χ2n) is 4.83. The highest BCUT2D eigenvalue weighted by molar-refractivity contribution is 6.02. The Bertz CT molecular complexity index is 629. The first-order chi connectivity index (χ1) is 8.66. The molecule has 18 heavy (non-hydrogen) atoms. The number of hydrogen-bond acceptors (Lipinski definition) is 2. The number of benzene rings is 2. The molecule has 0 fully saturated rings. The van der Waals surface area contributed by atoms with Gasteiger partial charge in [0.2, 0.25) is 0 Å². The highest BCUT2D eigenvalue weighted by Crippen LogP contribution is 2.42. The van der Waals surface area contributed by atoms with Gasteiger partial charge in [-0.25, -0.2) is 0 Å². The second kappa shape index (κ2) is 3.98. The predicted molar refractivity (Wildman–Crippen MR) is 70.1 cm³/mol. The largest absolute Gasteiger partial charge is 0.508 e. The minimum absolute atomic E-state index is 0.00593. The molecule has 2 aromatic rings. The summed E-state index contributed by atoms with van der Waals surface area (Å²) in [4.78, 5) is 12.0. The maximum Gasteiger partial charge on any atom is 0.164 e. The molecule has 2 nitrogen and oxygen atoms in total. The van der Waals surface area contributed by atoms with Crippen LogP contribution < -0.4 is 0 Å². The molecule has 2 heteroatoms. The second-order valence-corrected chi connectivity index (χ2v) is 4.83. The fourth-order valence-electron chi connectivity index (χ4n) is 2.73. The van der Waals surface area contributed by atoms with Crippen molar-refractivity contribution in [3.05, 3.63) is 64.7 Å².